The van der Waals surface area contributed by atoms with Crippen LogP contribution >= 0.6 is 0 Å². The Bertz CT molecular complexity index is 896. The molecule has 2 aromatic rings. The SMILES string of the molecule is CCC(CC1CCOCC1)c1cc(O)c(C(c2cccc(N)c2)C2CC2)c(=O)o1. The molecule has 1 aromatic carbocycles. The molecule has 1 aliphatic carbocycles. The second kappa shape index (κ2) is 8.62. The highest BCUT2D eigenvalue weighted by Crippen LogP contribution is 2.48. The summed E-state index contributed by atoms with van der Waals surface area (Å²) in [6, 6.07) is 9.29. The van der Waals surface area contributed by atoms with Gasteiger partial charge >= 0.3 is 5.63 Å². The van der Waals surface area contributed by atoms with Gasteiger partial charge in [0.05, 0.1) is 5.56 Å². The van der Waals surface area contributed by atoms with Gasteiger partial charge in [-0.05, 0) is 68.1 Å². The minimum absolute atomic E-state index is 0.0565. The molecule has 2 heterocycles. The first kappa shape index (κ1) is 20.0. The maximum atomic E-state index is 13.0. The smallest absolute Gasteiger partial charge is 0.343 e. The van der Waals surface area contributed by atoms with Gasteiger partial charge in [-0.2, -0.15) is 0 Å². The van der Waals surface area contributed by atoms with Crippen LogP contribution in [0, 0.1) is 11.8 Å². The Morgan fingerprint density at radius 3 is 2.55 bits per heavy atom. The molecule has 2 fully saturated rings. The lowest BCUT2D eigenvalue weighted by atomic mass is 9.84. The summed E-state index contributed by atoms with van der Waals surface area (Å²) >= 11 is 0. The molecule has 2 unspecified atom stereocenters. The van der Waals surface area contributed by atoms with Gasteiger partial charge < -0.3 is 20.0 Å². The van der Waals surface area contributed by atoms with E-state index in [1.54, 1.807) is 6.07 Å². The van der Waals surface area contributed by atoms with E-state index in [1.165, 1.54) is 0 Å². The fourth-order valence-corrected chi connectivity index (χ4v) is 4.72. The number of hydrogen-bond acceptors (Lipinski definition) is 5. The van der Waals surface area contributed by atoms with Crippen molar-refractivity contribution in [3.63, 3.8) is 0 Å². The predicted octanol–water partition coefficient (Wildman–Crippen LogP) is 4.78. The highest BCUT2D eigenvalue weighted by molar-refractivity contribution is 5.47. The molecule has 0 radical (unpaired) electrons. The number of nitrogens with two attached hydrogens (primary N) is 1. The third kappa shape index (κ3) is 4.50. The summed E-state index contributed by atoms with van der Waals surface area (Å²) in [7, 11) is 0. The van der Waals surface area contributed by atoms with Gasteiger partial charge in [0.15, 0.2) is 0 Å². The Labute approximate surface area is 171 Å². The van der Waals surface area contributed by atoms with Crippen molar-refractivity contribution >= 4 is 5.69 Å². The Kier molecular flexibility index (Phi) is 5.95. The van der Waals surface area contributed by atoms with Gasteiger partial charge in [0.1, 0.15) is 11.5 Å². The van der Waals surface area contributed by atoms with E-state index in [0.717, 1.165) is 57.3 Å². The van der Waals surface area contributed by atoms with Gasteiger partial charge in [-0.15, -0.1) is 0 Å². The Morgan fingerprint density at radius 1 is 1.17 bits per heavy atom. The van der Waals surface area contributed by atoms with Crippen LogP contribution < -0.4 is 11.4 Å². The third-order valence-corrected chi connectivity index (χ3v) is 6.51. The van der Waals surface area contributed by atoms with E-state index in [9.17, 15) is 9.90 Å². The van der Waals surface area contributed by atoms with Gasteiger partial charge in [0, 0.05) is 36.8 Å². The molecule has 3 N–H and O–H groups in total. The van der Waals surface area contributed by atoms with Crippen molar-refractivity contribution in [2.75, 3.05) is 18.9 Å². The topological polar surface area (TPSA) is 85.7 Å². The van der Waals surface area contributed by atoms with Crippen molar-refractivity contribution in [3.8, 4) is 5.75 Å². The number of benzene rings is 1. The average Bonchev–Trinajstić information content (AvgIpc) is 3.54. The first-order valence-electron chi connectivity index (χ1n) is 10.9. The Morgan fingerprint density at radius 2 is 1.93 bits per heavy atom. The van der Waals surface area contributed by atoms with Crippen molar-refractivity contribution in [2.24, 2.45) is 11.8 Å². The molecule has 0 bridgehead atoms. The van der Waals surface area contributed by atoms with Crippen LogP contribution in [0.3, 0.4) is 0 Å². The minimum Gasteiger partial charge on any atom is -0.507 e. The molecular formula is C24H31NO4. The van der Waals surface area contributed by atoms with E-state index in [1.807, 2.05) is 24.3 Å². The summed E-state index contributed by atoms with van der Waals surface area (Å²) in [5, 5.41) is 10.9. The van der Waals surface area contributed by atoms with E-state index in [4.69, 9.17) is 14.9 Å². The molecule has 0 amide bonds. The normalized spacial score (nSPS) is 19.8. The number of nitrogen functional groups attached to an aromatic ring is 1. The minimum atomic E-state index is -0.412. The number of rotatable bonds is 7. The summed E-state index contributed by atoms with van der Waals surface area (Å²) in [5.74, 6) is 1.55. The van der Waals surface area contributed by atoms with Crippen molar-refractivity contribution in [2.45, 2.75) is 57.3 Å². The molecule has 5 heteroatoms. The van der Waals surface area contributed by atoms with Crippen LogP contribution in [-0.4, -0.2) is 18.3 Å². The molecule has 2 aliphatic rings. The zero-order valence-electron chi connectivity index (χ0n) is 17.1. The molecule has 1 aliphatic heterocycles. The first-order valence-corrected chi connectivity index (χ1v) is 10.9. The highest BCUT2D eigenvalue weighted by atomic mass is 16.5. The lowest BCUT2D eigenvalue weighted by molar-refractivity contribution is 0.0606. The predicted molar refractivity (Wildman–Crippen MR) is 113 cm³/mol. The highest BCUT2D eigenvalue weighted by Gasteiger charge is 2.37. The van der Waals surface area contributed by atoms with Crippen molar-refractivity contribution in [1.82, 2.24) is 0 Å². The van der Waals surface area contributed by atoms with Crippen LogP contribution in [0.1, 0.15) is 74.2 Å². The van der Waals surface area contributed by atoms with E-state index in [-0.39, 0.29) is 17.6 Å². The van der Waals surface area contributed by atoms with Crippen LogP contribution in [-0.2, 0) is 4.74 Å². The van der Waals surface area contributed by atoms with E-state index < -0.39 is 5.63 Å². The number of hydrogen-bond donors (Lipinski definition) is 2. The van der Waals surface area contributed by atoms with Gasteiger partial charge in [0.25, 0.3) is 0 Å². The molecule has 1 saturated carbocycles. The maximum absolute atomic E-state index is 13.0. The van der Waals surface area contributed by atoms with Gasteiger partial charge in [0.2, 0.25) is 0 Å². The van der Waals surface area contributed by atoms with Crippen LogP contribution in [0.5, 0.6) is 5.75 Å². The molecule has 4 rings (SSSR count). The fraction of sp³-hybridized carbons (Fsp3) is 0.542. The van der Waals surface area contributed by atoms with Crippen LogP contribution in [0.2, 0.25) is 0 Å². The Hall–Kier alpha value is -2.27. The standard InChI is InChI=1S/C24H31NO4/c1-2-16(12-15-8-10-28-11-9-15)21-14-20(26)23(24(27)29-21)22(17-6-7-17)18-4-3-5-19(25)13-18/h3-5,13-17,22,26H,2,6-12,25H2,1H3. The monoisotopic (exact) mass is 397 g/mol. The van der Waals surface area contributed by atoms with Crippen molar-refractivity contribution < 1.29 is 14.3 Å². The van der Waals surface area contributed by atoms with Gasteiger partial charge in [-0.3, -0.25) is 0 Å². The molecule has 2 atom stereocenters. The van der Waals surface area contributed by atoms with Crippen LogP contribution in [0.15, 0.2) is 39.5 Å². The maximum Gasteiger partial charge on any atom is 0.343 e. The largest absolute Gasteiger partial charge is 0.507 e. The van der Waals surface area contributed by atoms with E-state index >= 15 is 0 Å². The molecule has 156 valence electrons. The summed E-state index contributed by atoms with van der Waals surface area (Å²) in [6.45, 7) is 3.71. The third-order valence-electron chi connectivity index (χ3n) is 6.51. The fourth-order valence-electron chi connectivity index (χ4n) is 4.72. The van der Waals surface area contributed by atoms with Crippen molar-refractivity contribution in [3.05, 3.63) is 57.6 Å². The van der Waals surface area contributed by atoms with E-state index in [2.05, 4.69) is 6.92 Å². The zero-order chi connectivity index (χ0) is 20.4. The lowest BCUT2D eigenvalue weighted by Crippen LogP contribution is -2.20. The van der Waals surface area contributed by atoms with Crippen LogP contribution in [0.25, 0.3) is 0 Å². The van der Waals surface area contributed by atoms with Crippen molar-refractivity contribution in [1.29, 1.82) is 0 Å². The number of ether oxygens (including phenoxy) is 1. The first-order chi connectivity index (χ1) is 14.1. The molecule has 1 saturated heterocycles. The molecule has 1 aromatic heterocycles. The molecular weight excluding hydrogens is 366 g/mol. The summed E-state index contributed by atoms with van der Waals surface area (Å²) in [5.41, 5.74) is 7.57. The molecule has 29 heavy (non-hydrogen) atoms. The van der Waals surface area contributed by atoms with E-state index in [0.29, 0.717) is 28.8 Å². The second-order valence-electron chi connectivity index (χ2n) is 8.62. The average molecular weight is 398 g/mol. The second-order valence-corrected chi connectivity index (χ2v) is 8.62. The van der Waals surface area contributed by atoms with Crippen LogP contribution in [0.4, 0.5) is 5.69 Å². The number of aromatic hydroxyl groups is 1. The Balaban J connectivity index is 1.64. The summed E-state index contributed by atoms with van der Waals surface area (Å²) in [4.78, 5) is 13.0. The lowest BCUT2D eigenvalue weighted by Gasteiger charge is -2.26. The van der Waals surface area contributed by atoms with Gasteiger partial charge in [-0.25, -0.2) is 4.79 Å². The zero-order valence-corrected chi connectivity index (χ0v) is 17.1. The number of anilines is 1. The van der Waals surface area contributed by atoms with Gasteiger partial charge in [-0.1, -0.05) is 19.1 Å². The summed E-state index contributed by atoms with van der Waals surface area (Å²) in [6.07, 6.45) is 6.01. The molecule has 5 nitrogen and oxygen atoms in total. The molecule has 0 spiro atoms. The quantitative estimate of drug-likeness (QED) is 0.657. The summed E-state index contributed by atoms with van der Waals surface area (Å²) < 4.78 is 11.3.